The van der Waals surface area contributed by atoms with E-state index in [1.165, 1.54) is 0 Å². The Kier molecular flexibility index (Phi) is 4.10. The van der Waals surface area contributed by atoms with Gasteiger partial charge in [0.1, 0.15) is 0 Å². The second kappa shape index (κ2) is 6.17. The van der Waals surface area contributed by atoms with Gasteiger partial charge in [0.25, 0.3) is 0 Å². The Morgan fingerprint density at radius 3 is 3.15 bits per heavy atom. The number of nitrogens with zero attached hydrogens (tertiary/aromatic N) is 4. The summed E-state index contributed by atoms with van der Waals surface area (Å²) in [7, 11) is 1.70. The van der Waals surface area contributed by atoms with E-state index >= 15 is 0 Å². The first-order valence-corrected chi connectivity index (χ1v) is 7.34. The molecule has 3 heterocycles. The minimum atomic E-state index is 0.714. The fraction of sp³-hybridized carbons (Fsp3) is 0.385. The number of hydrogen-bond acceptors (Lipinski definition) is 5. The van der Waals surface area contributed by atoms with E-state index in [0.29, 0.717) is 6.61 Å². The predicted molar refractivity (Wildman–Crippen MR) is 78.0 cm³/mol. The van der Waals surface area contributed by atoms with Crippen molar-refractivity contribution in [3.8, 4) is 0 Å². The molecule has 0 atom stereocenters. The number of aromatic nitrogens is 4. The van der Waals surface area contributed by atoms with Crippen molar-refractivity contribution in [2.24, 2.45) is 0 Å². The molecular weight excluding hydrogens is 274 g/mol. The second-order valence-corrected chi connectivity index (χ2v) is 5.41. The maximum atomic E-state index is 4.99. The van der Waals surface area contributed by atoms with E-state index in [1.54, 1.807) is 18.4 Å². The van der Waals surface area contributed by atoms with Crippen LogP contribution < -0.4 is 5.32 Å². The van der Waals surface area contributed by atoms with E-state index in [4.69, 9.17) is 4.74 Å². The van der Waals surface area contributed by atoms with Crippen LogP contribution in [-0.4, -0.2) is 39.2 Å². The summed E-state index contributed by atoms with van der Waals surface area (Å²) in [5.41, 5.74) is 2.08. The lowest BCUT2D eigenvalue weighted by atomic mass is 10.4. The van der Waals surface area contributed by atoms with Crippen molar-refractivity contribution in [1.82, 2.24) is 24.3 Å². The van der Waals surface area contributed by atoms with Gasteiger partial charge < -0.3 is 14.6 Å². The number of hydrogen-bond donors (Lipinski definition) is 1. The summed E-state index contributed by atoms with van der Waals surface area (Å²) in [5, 5.41) is 5.31. The molecule has 0 bridgehead atoms. The molecule has 0 aliphatic heterocycles. The van der Waals surface area contributed by atoms with Gasteiger partial charge in [-0.2, -0.15) is 0 Å². The normalized spacial score (nSPS) is 11.4. The van der Waals surface area contributed by atoms with Crippen LogP contribution in [0.3, 0.4) is 0 Å². The van der Waals surface area contributed by atoms with Crippen molar-refractivity contribution in [2.45, 2.75) is 13.1 Å². The van der Waals surface area contributed by atoms with Crippen LogP contribution in [0.25, 0.3) is 4.96 Å². The zero-order chi connectivity index (χ0) is 13.8. The first kappa shape index (κ1) is 13.3. The molecule has 6 nitrogen and oxygen atoms in total. The second-order valence-electron chi connectivity index (χ2n) is 4.53. The van der Waals surface area contributed by atoms with Crippen molar-refractivity contribution in [2.75, 3.05) is 20.3 Å². The van der Waals surface area contributed by atoms with Crippen molar-refractivity contribution in [1.29, 1.82) is 0 Å². The molecule has 0 saturated heterocycles. The molecule has 0 unspecified atom stereocenters. The molecule has 106 valence electrons. The fourth-order valence-electron chi connectivity index (χ4n) is 2.01. The molecule has 0 spiro atoms. The van der Waals surface area contributed by atoms with E-state index in [2.05, 4.69) is 26.0 Å². The molecule has 0 saturated carbocycles. The van der Waals surface area contributed by atoms with Gasteiger partial charge in [-0.25, -0.2) is 9.97 Å². The van der Waals surface area contributed by atoms with Gasteiger partial charge in [0.2, 0.25) is 0 Å². The van der Waals surface area contributed by atoms with Gasteiger partial charge in [0.05, 0.1) is 30.9 Å². The van der Waals surface area contributed by atoms with Gasteiger partial charge in [-0.05, 0) is 0 Å². The number of imidazole rings is 2. The third kappa shape index (κ3) is 3.06. The Bertz CT molecular complexity index is 642. The first-order chi connectivity index (χ1) is 9.85. The highest BCUT2D eigenvalue weighted by atomic mass is 32.1. The van der Waals surface area contributed by atoms with Crippen LogP contribution in [0.15, 0.2) is 30.3 Å². The molecule has 3 rings (SSSR count). The quantitative estimate of drug-likeness (QED) is 0.668. The summed E-state index contributed by atoms with van der Waals surface area (Å²) in [6.07, 6.45) is 7.98. The number of fused-ring (bicyclic) bond motifs is 1. The van der Waals surface area contributed by atoms with E-state index in [9.17, 15) is 0 Å². The summed E-state index contributed by atoms with van der Waals surface area (Å²) in [6.45, 7) is 3.06. The highest BCUT2D eigenvalue weighted by Crippen LogP contribution is 2.12. The van der Waals surface area contributed by atoms with E-state index < -0.39 is 0 Å². The van der Waals surface area contributed by atoms with Crippen LogP contribution in [0.2, 0.25) is 0 Å². The lowest BCUT2D eigenvalue weighted by molar-refractivity contribution is 0.199. The highest BCUT2D eigenvalue weighted by molar-refractivity contribution is 7.15. The van der Waals surface area contributed by atoms with Gasteiger partial charge in [-0.3, -0.25) is 4.40 Å². The third-order valence-corrected chi connectivity index (χ3v) is 3.73. The molecule has 20 heavy (non-hydrogen) atoms. The molecule has 0 aliphatic rings. The monoisotopic (exact) mass is 291 g/mol. The highest BCUT2D eigenvalue weighted by Gasteiger charge is 2.04. The van der Waals surface area contributed by atoms with Gasteiger partial charge >= 0.3 is 0 Å². The van der Waals surface area contributed by atoms with Crippen LogP contribution in [0.4, 0.5) is 0 Å². The Hall–Kier alpha value is -1.70. The van der Waals surface area contributed by atoms with E-state index in [-0.39, 0.29) is 0 Å². The lowest BCUT2D eigenvalue weighted by Gasteiger charge is -2.00. The summed E-state index contributed by atoms with van der Waals surface area (Å²) in [4.78, 5) is 9.97. The topological polar surface area (TPSA) is 56.4 Å². The van der Waals surface area contributed by atoms with E-state index in [1.807, 2.05) is 28.5 Å². The van der Waals surface area contributed by atoms with Crippen LogP contribution in [0, 0.1) is 0 Å². The number of rotatable bonds is 7. The van der Waals surface area contributed by atoms with Crippen LogP contribution in [0.5, 0.6) is 0 Å². The van der Waals surface area contributed by atoms with Gasteiger partial charge in [-0.15, -0.1) is 11.3 Å². The Balaban J connectivity index is 1.57. The first-order valence-electron chi connectivity index (χ1n) is 6.46. The molecule has 3 aromatic rings. The van der Waals surface area contributed by atoms with Gasteiger partial charge in [0, 0.05) is 44.2 Å². The summed E-state index contributed by atoms with van der Waals surface area (Å²) >= 11 is 1.64. The Morgan fingerprint density at radius 2 is 2.30 bits per heavy atom. The molecular formula is C13H17N5OS. The van der Waals surface area contributed by atoms with E-state index in [0.717, 1.165) is 36.0 Å². The molecule has 0 radical (unpaired) electrons. The minimum absolute atomic E-state index is 0.714. The molecule has 0 aromatic carbocycles. The molecule has 0 aliphatic carbocycles. The van der Waals surface area contributed by atoms with Gasteiger partial charge in [-0.1, -0.05) is 0 Å². The standard InChI is InChI=1S/C13H17N5OS/c1-19-4-2-14-6-11-7-17(10-15-11)8-12-9-18-3-5-20-13(18)16-12/h3,5,7,9-10,14H,2,4,6,8H2,1H3. The fourth-order valence-corrected chi connectivity index (χ4v) is 2.73. The number of nitrogens with one attached hydrogen (secondary N) is 1. The summed E-state index contributed by atoms with van der Waals surface area (Å²) in [5.74, 6) is 0. The third-order valence-electron chi connectivity index (χ3n) is 2.96. The average Bonchev–Trinajstić information content (AvgIpc) is 3.11. The average molecular weight is 291 g/mol. The maximum Gasteiger partial charge on any atom is 0.193 e. The van der Waals surface area contributed by atoms with Crippen molar-refractivity contribution >= 4 is 16.3 Å². The Morgan fingerprint density at radius 1 is 1.35 bits per heavy atom. The largest absolute Gasteiger partial charge is 0.383 e. The molecule has 3 aromatic heterocycles. The van der Waals surface area contributed by atoms with Crippen molar-refractivity contribution in [3.63, 3.8) is 0 Å². The summed E-state index contributed by atoms with van der Waals surface area (Å²) < 4.78 is 9.09. The smallest absolute Gasteiger partial charge is 0.193 e. The predicted octanol–water partition coefficient (Wildman–Crippen LogP) is 1.38. The number of methoxy groups -OCH3 is 1. The molecule has 1 N–H and O–H groups in total. The maximum absolute atomic E-state index is 4.99. The lowest BCUT2D eigenvalue weighted by Crippen LogP contribution is -2.18. The number of thiazole rings is 1. The zero-order valence-corrected chi connectivity index (χ0v) is 12.1. The van der Waals surface area contributed by atoms with Crippen LogP contribution in [0.1, 0.15) is 11.4 Å². The van der Waals surface area contributed by atoms with Crippen molar-refractivity contribution in [3.05, 3.63) is 41.7 Å². The SMILES string of the molecule is COCCNCc1cn(Cc2cn3ccsc3n2)cn1. The van der Waals surface area contributed by atoms with Crippen LogP contribution >= 0.6 is 11.3 Å². The molecule has 7 heteroatoms. The number of ether oxygens (including phenoxy) is 1. The Labute approximate surface area is 121 Å². The van der Waals surface area contributed by atoms with Crippen LogP contribution in [-0.2, 0) is 17.8 Å². The zero-order valence-electron chi connectivity index (χ0n) is 11.3. The molecule has 0 fully saturated rings. The summed E-state index contributed by atoms with van der Waals surface area (Å²) in [6, 6.07) is 0. The van der Waals surface area contributed by atoms with Crippen molar-refractivity contribution < 1.29 is 4.74 Å². The van der Waals surface area contributed by atoms with Gasteiger partial charge in [0.15, 0.2) is 4.96 Å². The molecule has 0 amide bonds. The minimum Gasteiger partial charge on any atom is -0.383 e.